The van der Waals surface area contributed by atoms with Gasteiger partial charge in [-0.1, -0.05) is 12.5 Å². The third-order valence-electron chi connectivity index (χ3n) is 4.84. The molecule has 0 aromatic carbocycles. The van der Waals surface area contributed by atoms with Crippen LogP contribution >= 0.6 is 0 Å². The molecule has 114 valence electrons. The highest BCUT2D eigenvalue weighted by Crippen LogP contribution is 2.33. The van der Waals surface area contributed by atoms with E-state index in [1.54, 1.807) is 7.11 Å². The zero-order valence-electron chi connectivity index (χ0n) is 12.8. The van der Waals surface area contributed by atoms with E-state index in [1.807, 2.05) is 18.2 Å². The lowest BCUT2D eigenvalue weighted by molar-refractivity contribution is -0.126. The van der Waals surface area contributed by atoms with E-state index in [-0.39, 0.29) is 5.92 Å². The number of hydrogen-bond acceptors (Lipinski definition) is 4. The first kappa shape index (κ1) is 14.5. The van der Waals surface area contributed by atoms with Gasteiger partial charge in [0.25, 0.3) is 0 Å². The Morgan fingerprint density at radius 3 is 3.00 bits per heavy atom. The zero-order chi connectivity index (χ0) is 14.7. The van der Waals surface area contributed by atoms with E-state index in [0.717, 1.165) is 44.5 Å². The van der Waals surface area contributed by atoms with Gasteiger partial charge in [0.1, 0.15) is 5.78 Å². The molecule has 1 saturated carbocycles. The molecule has 0 spiro atoms. The van der Waals surface area contributed by atoms with E-state index in [9.17, 15) is 4.79 Å². The summed E-state index contributed by atoms with van der Waals surface area (Å²) < 4.78 is 5.20. The lowest BCUT2D eigenvalue weighted by Gasteiger charge is -2.32. The number of ketones is 1. The molecule has 1 aromatic heterocycles. The van der Waals surface area contributed by atoms with Crippen molar-refractivity contribution in [3.8, 4) is 5.88 Å². The van der Waals surface area contributed by atoms with Crippen molar-refractivity contribution in [3.05, 3.63) is 23.9 Å². The fourth-order valence-corrected chi connectivity index (χ4v) is 3.79. The maximum Gasteiger partial charge on any atom is 0.213 e. The number of pyridine rings is 1. The molecule has 4 heteroatoms. The summed E-state index contributed by atoms with van der Waals surface area (Å²) in [5.74, 6) is 1.40. The Balaban J connectivity index is 1.70. The van der Waals surface area contributed by atoms with Crippen LogP contribution in [0.4, 0.5) is 0 Å². The molecule has 1 saturated heterocycles. The predicted molar refractivity (Wildman–Crippen MR) is 81.2 cm³/mol. The van der Waals surface area contributed by atoms with Crippen molar-refractivity contribution < 1.29 is 9.53 Å². The highest BCUT2D eigenvalue weighted by Gasteiger charge is 2.36. The Labute approximate surface area is 126 Å². The third kappa shape index (κ3) is 3.26. The number of likely N-dealkylation sites (tertiary alicyclic amines) is 1. The second kappa shape index (κ2) is 6.56. The summed E-state index contributed by atoms with van der Waals surface area (Å²) in [6.45, 7) is 1.90. The van der Waals surface area contributed by atoms with Crippen LogP contribution in [0.25, 0.3) is 0 Å². The minimum Gasteiger partial charge on any atom is -0.481 e. The average Bonchev–Trinajstić information content (AvgIpc) is 2.96. The standard InChI is InChI=1S/C17H24N2O2/c1-21-17-10-4-6-13(18-17)12-19-11-5-8-15(19)14-7-2-3-9-16(14)20/h4,6,10,14-15H,2-3,5,7-9,11-12H2,1H3. The van der Waals surface area contributed by atoms with E-state index in [2.05, 4.69) is 9.88 Å². The number of hydrogen-bond donors (Lipinski definition) is 0. The van der Waals surface area contributed by atoms with Gasteiger partial charge in [0.15, 0.2) is 0 Å². The van der Waals surface area contributed by atoms with E-state index < -0.39 is 0 Å². The number of rotatable bonds is 4. The second-order valence-electron chi connectivity index (χ2n) is 6.17. The first-order chi connectivity index (χ1) is 10.3. The number of ether oxygens (including phenoxy) is 1. The maximum absolute atomic E-state index is 12.2. The Morgan fingerprint density at radius 2 is 2.19 bits per heavy atom. The molecular weight excluding hydrogens is 264 g/mol. The van der Waals surface area contributed by atoms with Crippen molar-refractivity contribution in [1.82, 2.24) is 9.88 Å². The molecule has 2 heterocycles. The number of carbonyl (C=O) groups excluding carboxylic acids is 1. The monoisotopic (exact) mass is 288 g/mol. The van der Waals surface area contributed by atoms with Gasteiger partial charge in [-0.3, -0.25) is 9.69 Å². The van der Waals surface area contributed by atoms with Crippen molar-refractivity contribution in [3.63, 3.8) is 0 Å². The van der Waals surface area contributed by atoms with Crippen LogP contribution in [0.3, 0.4) is 0 Å². The van der Waals surface area contributed by atoms with E-state index in [4.69, 9.17) is 4.74 Å². The SMILES string of the molecule is COc1cccc(CN2CCCC2C2CCCCC2=O)n1. The fraction of sp³-hybridized carbons (Fsp3) is 0.647. The summed E-state index contributed by atoms with van der Waals surface area (Å²) in [6, 6.07) is 6.32. The predicted octanol–water partition coefficient (Wildman–Crippen LogP) is 2.81. The van der Waals surface area contributed by atoms with Gasteiger partial charge in [0, 0.05) is 31.0 Å². The third-order valence-corrected chi connectivity index (χ3v) is 4.84. The van der Waals surface area contributed by atoms with Crippen LogP contribution < -0.4 is 4.74 Å². The first-order valence-corrected chi connectivity index (χ1v) is 8.04. The minimum absolute atomic E-state index is 0.256. The average molecular weight is 288 g/mol. The van der Waals surface area contributed by atoms with E-state index in [1.165, 1.54) is 12.8 Å². The Kier molecular flexibility index (Phi) is 4.54. The van der Waals surface area contributed by atoms with Crippen molar-refractivity contribution in [2.24, 2.45) is 5.92 Å². The highest BCUT2D eigenvalue weighted by molar-refractivity contribution is 5.82. The fourth-order valence-electron chi connectivity index (χ4n) is 3.79. The van der Waals surface area contributed by atoms with Gasteiger partial charge in [0.2, 0.25) is 5.88 Å². The number of methoxy groups -OCH3 is 1. The number of Topliss-reactive ketones (excluding diaryl/α,β-unsaturated/α-hetero) is 1. The van der Waals surface area contributed by atoms with Gasteiger partial charge < -0.3 is 4.74 Å². The summed E-state index contributed by atoms with van der Waals surface area (Å²) in [5.41, 5.74) is 1.03. The number of aromatic nitrogens is 1. The van der Waals surface area contributed by atoms with E-state index in [0.29, 0.717) is 17.7 Å². The highest BCUT2D eigenvalue weighted by atomic mass is 16.5. The molecule has 0 radical (unpaired) electrons. The van der Waals surface area contributed by atoms with Gasteiger partial charge >= 0.3 is 0 Å². The quantitative estimate of drug-likeness (QED) is 0.854. The van der Waals surface area contributed by atoms with Crippen LogP contribution in [0.15, 0.2) is 18.2 Å². The summed E-state index contributed by atoms with van der Waals surface area (Å²) in [5, 5.41) is 0. The molecular formula is C17H24N2O2. The van der Waals surface area contributed by atoms with Gasteiger partial charge in [-0.2, -0.15) is 0 Å². The van der Waals surface area contributed by atoms with Crippen LogP contribution in [-0.2, 0) is 11.3 Å². The van der Waals surface area contributed by atoms with Crippen LogP contribution in [0, 0.1) is 5.92 Å². The van der Waals surface area contributed by atoms with Crippen molar-refractivity contribution in [1.29, 1.82) is 0 Å². The normalized spacial score (nSPS) is 27.0. The summed E-state index contributed by atoms with van der Waals surface area (Å²) >= 11 is 0. The van der Waals surface area contributed by atoms with Crippen LogP contribution in [0.1, 0.15) is 44.2 Å². The number of carbonyl (C=O) groups is 1. The zero-order valence-corrected chi connectivity index (χ0v) is 12.8. The molecule has 21 heavy (non-hydrogen) atoms. The van der Waals surface area contributed by atoms with Crippen molar-refractivity contribution >= 4 is 5.78 Å². The molecule has 1 aliphatic carbocycles. The summed E-state index contributed by atoms with van der Waals surface area (Å²) in [7, 11) is 1.64. The van der Waals surface area contributed by atoms with Crippen LogP contribution in [-0.4, -0.2) is 35.4 Å². The molecule has 3 rings (SSSR count). The van der Waals surface area contributed by atoms with Crippen LogP contribution in [0.5, 0.6) is 5.88 Å². The molecule has 1 aliphatic heterocycles. The molecule has 4 nitrogen and oxygen atoms in total. The Bertz CT molecular complexity index is 503. The second-order valence-corrected chi connectivity index (χ2v) is 6.17. The lowest BCUT2D eigenvalue weighted by atomic mass is 9.82. The topological polar surface area (TPSA) is 42.4 Å². The Morgan fingerprint density at radius 1 is 1.29 bits per heavy atom. The molecule has 0 N–H and O–H groups in total. The minimum atomic E-state index is 0.256. The largest absolute Gasteiger partial charge is 0.481 e. The van der Waals surface area contributed by atoms with Crippen molar-refractivity contribution in [2.75, 3.05) is 13.7 Å². The lowest BCUT2D eigenvalue weighted by Crippen LogP contribution is -2.40. The molecule has 1 aromatic rings. The van der Waals surface area contributed by atoms with Gasteiger partial charge in [0.05, 0.1) is 12.8 Å². The molecule has 2 fully saturated rings. The molecule has 2 atom stereocenters. The van der Waals surface area contributed by atoms with Gasteiger partial charge in [-0.25, -0.2) is 4.98 Å². The maximum atomic E-state index is 12.2. The summed E-state index contributed by atoms with van der Waals surface area (Å²) in [4.78, 5) is 19.2. The van der Waals surface area contributed by atoms with Gasteiger partial charge in [-0.05, 0) is 38.3 Å². The first-order valence-electron chi connectivity index (χ1n) is 8.04. The van der Waals surface area contributed by atoms with Gasteiger partial charge in [-0.15, -0.1) is 0 Å². The molecule has 2 aliphatic rings. The van der Waals surface area contributed by atoms with Crippen LogP contribution in [0.2, 0.25) is 0 Å². The Hall–Kier alpha value is -1.42. The summed E-state index contributed by atoms with van der Waals surface area (Å²) in [6.07, 6.45) is 6.49. The molecule has 0 bridgehead atoms. The molecule has 2 unspecified atom stereocenters. The molecule has 0 amide bonds. The smallest absolute Gasteiger partial charge is 0.213 e. The van der Waals surface area contributed by atoms with Crippen molar-refractivity contribution in [2.45, 2.75) is 51.1 Å². The van der Waals surface area contributed by atoms with E-state index >= 15 is 0 Å². The number of nitrogens with zero attached hydrogens (tertiary/aromatic N) is 2.